The molecule has 0 aliphatic heterocycles. The number of nitrogens with zero attached hydrogens (tertiary/aromatic N) is 1. The van der Waals surface area contributed by atoms with Crippen molar-refractivity contribution in [2.45, 2.75) is 31.6 Å². The molecular weight excluding hydrogens is 398 g/mol. The van der Waals surface area contributed by atoms with Gasteiger partial charge in [-0.2, -0.15) is 0 Å². The van der Waals surface area contributed by atoms with Gasteiger partial charge in [-0.1, -0.05) is 98.8 Å². The predicted molar refractivity (Wildman–Crippen MR) is 138 cm³/mol. The molecule has 160 valence electrons. The maximum atomic E-state index is 2.46. The number of para-hydroxylation sites is 1. The molecule has 1 atom stereocenters. The van der Waals surface area contributed by atoms with Gasteiger partial charge in [0.25, 0.3) is 0 Å². The monoisotopic (exact) mass is 425 g/mol. The minimum absolute atomic E-state index is 0.0587. The molecule has 5 aromatic rings. The summed E-state index contributed by atoms with van der Waals surface area (Å²) in [4.78, 5) is 0. The van der Waals surface area contributed by atoms with Crippen LogP contribution < -0.4 is 0 Å². The molecular formula is C32H27N. The number of aryl methyl sites for hydroxylation is 1. The van der Waals surface area contributed by atoms with Gasteiger partial charge in [-0.05, 0) is 51.4 Å². The summed E-state index contributed by atoms with van der Waals surface area (Å²) in [5.74, 6) is 0.302. The Morgan fingerprint density at radius 1 is 0.727 bits per heavy atom. The van der Waals surface area contributed by atoms with Gasteiger partial charge in [0.1, 0.15) is 0 Å². The lowest BCUT2D eigenvalue weighted by atomic mass is 9.68. The second-order valence-corrected chi connectivity index (χ2v) is 10.2. The standard InChI is InChI=1S/C32H27N/c1-32(2,27-17-10-16-22-21-12-5-4-11-20(21)19-26(22)27)30-24-14-7-6-13-23(24)29-25-15-8-9-18-28(25)33(3)31(29)30/h4-18,30H,19H2,1-3H3. The molecule has 0 N–H and O–H groups in total. The largest absolute Gasteiger partial charge is 0.346 e. The van der Waals surface area contributed by atoms with Crippen LogP contribution in [-0.2, 0) is 18.9 Å². The van der Waals surface area contributed by atoms with Crippen molar-refractivity contribution in [2.75, 3.05) is 0 Å². The summed E-state index contributed by atoms with van der Waals surface area (Å²) in [5, 5.41) is 1.37. The lowest BCUT2D eigenvalue weighted by molar-refractivity contribution is 0.449. The molecule has 0 saturated heterocycles. The van der Waals surface area contributed by atoms with Gasteiger partial charge in [0.05, 0.1) is 0 Å². The van der Waals surface area contributed by atoms with E-state index in [2.05, 4.69) is 116 Å². The lowest BCUT2D eigenvalue weighted by Crippen LogP contribution is -2.29. The number of rotatable bonds is 2. The third-order valence-electron chi connectivity index (χ3n) is 8.23. The maximum Gasteiger partial charge on any atom is 0.0486 e. The Labute approximate surface area is 195 Å². The summed E-state index contributed by atoms with van der Waals surface area (Å²) in [7, 11) is 2.25. The third kappa shape index (κ3) is 2.37. The molecule has 2 aliphatic carbocycles. The Morgan fingerprint density at radius 3 is 2.30 bits per heavy atom. The van der Waals surface area contributed by atoms with Crippen LogP contribution in [0.25, 0.3) is 33.2 Å². The predicted octanol–water partition coefficient (Wildman–Crippen LogP) is 7.84. The number of benzene rings is 4. The highest BCUT2D eigenvalue weighted by Gasteiger charge is 2.44. The summed E-state index contributed by atoms with van der Waals surface area (Å²) in [6, 6.07) is 33.8. The molecule has 33 heavy (non-hydrogen) atoms. The van der Waals surface area contributed by atoms with E-state index in [1.54, 1.807) is 0 Å². The topological polar surface area (TPSA) is 4.93 Å². The Morgan fingerprint density at radius 2 is 1.42 bits per heavy atom. The normalized spacial score (nSPS) is 15.9. The van der Waals surface area contributed by atoms with Crippen molar-refractivity contribution in [3.05, 3.63) is 119 Å². The summed E-state index contributed by atoms with van der Waals surface area (Å²) < 4.78 is 2.45. The van der Waals surface area contributed by atoms with E-state index in [4.69, 9.17) is 0 Å². The van der Waals surface area contributed by atoms with Crippen molar-refractivity contribution in [1.82, 2.24) is 4.57 Å². The van der Waals surface area contributed by atoms with Gasteiger partial charge in [0.15, 0.2) is 0 Å². The quantitative estimate of drug-likeness (QED) is 0.266. The van der Waals surface area contributed by atoms with E-state index in [-0.39, 0.29) is 5.41 Å². The van der Waals surface area contributed by atoms with E-state index >= 15 is 0 Å². The van der Waals surface area contributed by atoms with Crippen LogP contribution in [0.1, 0.15) is 47.7 Å². The average Bonchev–Trinajstić information content (AvgIpc) is 3.48. The van der Waals surface area contributed by atoms with Gasteiger partial charge in [-0.25, -0.2) is 0 Å². The van der Waals surface area contributed by atoms with E-state index in [1.165, 1.54) is 61.1 Å². The highest BCUT2D eigenvalue weighted by Crippen LogP contribution is 2.57. The van der Waals surface area contributed by atoms with Crippen molar-refractivity contribution in [2.24, 2.45) is 7.05 Å². The van der Waals surface area contributed by atoms with Crippen molar-refractivity contribution in [3.63, 3.8) is 0 Å². The SMILES string of the molecule is Cn1c2c(c3ccccc31)-c1ccccc1C2C(C)(C)c1cccc2c1Cc1ccccc1-2. The smallest absolute Gasteiger partial charge is 0.0486 e. The fourth-order valence-electron chi connectivity index (χ4n) is 6.80. The number of aromatic nitrogens is 1. The zero-order valence-corrected chi connectivity index (χ0v) is 19.4. The second-order valence-electron chi connectivity index (χ2n) is 10.2. The molecule has 2 aliphatic rings. The molecule has 1 aromatic heterocycles. The molecule has 4 aromatic carbocycles. The molecule has 1 unspecified atom stereocenters. The van der Waals surface area contributed by atoms with E-state index < -0.39 is 0 Å². The summed E-state index contributed by atoms with van der Waals surface area (Å²) in [6.07, 6.45) is 1.03. The Hall–Kier alpha value is -3.58. The van der Waals surface area contributed by atoms with E-state index in [1.807, 2.05) is 0 Å². The van der Waals surface area contributed by atoms with Crippen LogP contribution in [0.3, 0.4) is 0 Å². The van der Waals surface area contributed by atoms with Gasteiger partial charge in [0, 0.05) is 40.5 Å². The molecule has 1 heteroatoms. The Kier molecular flexibility index (Phi) is 3.72. The van der Waals surface area contributed by atoms with Gasteiger partial charge >= 0.3 is 0 Å². The summed E-state index contributed by atoms with van der Waals surface area (Å²) in [5.41, 5.74) is 14.3. The Balaban J connectivity index is 1.50. The summed E-state index contributed by atoms with van der Waals surface area (Å²) >= 11 is 0. The fourth-order valence-corrected chi connectivity index (χ4v) is 6.80. The number of fused-ring (bicyclic) bond motifs is 8. The van der Waals surface area contributed by atoms with E-state index in [9.17, 15) is 0 Å². The van der Waals surface area contributed by atoms with Crippen LogP contribution in [0.2, 0.25) is 0 Å². The van der Waals surface area contributed by atoms with Gasteiger partial charge in [-0.15, -0.1) is 0 Å². The second kappa shape index (κ2) is 6.48. The molecule has 1 heterocycles. The molecule has 0 radical (unpaired) electrons. The van der Waals surface area contributed by atoms with Gasteiger partial charge in [-0.3, -0.25) is 0 Å². The van der Waals surface area contributed by atoms with Crippen LogP contribution in [0.4, 0.5) is 0 Å². The molecule has 0 spiro atoms. The minimum atomic E-state index is -0.0587. The van der Waals surface area contributed by atoms with Crippen molar-refractivity contribution in [3.8, 4) is 22.3 Å². The fraction of sp³-hybridized carbons (Fsp3) is 0.188. The zero-order valence-electron chi connectivity index (χ0n) is 19.4. The van der Waals surface area contributed by atoms with E-state index in [0.29, 0.717) is 5.92 Å². The van der Waals surface area contributed by atoms with Gasteiger partial charge in [0.2, 0.25) is 0 Å². The maximum absolute atomic E-state index is 2.46. The molecule has 0 fully saturated rings. The highest BCUT2D eigenvalue weighted by atomic mass is 15.0. The lowest BCUT2D eigenvalue weighted by Gasteiger charge is -2.36. The third-order valence-corrected chi connectivity index (χ3v) is 8.23. The molecule has 1 nitrogen and oxygen atoms in total. The first-order valence-electron chi connectivity index (χ1n) is 11.9. The van der Waals surface area contributed by atoms with E-state index in [0.717, 1.165) is 6.42 Å². The molecule has 0 bridgehead atoms. The van der Waals surface area contributed by atoms with Crippen LogP contribution in [0.15, 0.2) is 91.0 Å². The zero-order chi connectivity index (χ0) is 22.3. The van der Waals surface area contributed by atoms with Crippen molar-refractivity contribution in [1.29, 1.82) is 0 Å². The summed E-state index contributed by atoms with van der Waals surface area (Å²) in [6.45, 7) is 4.92. The van der Waals surface area contributed by atoms with Crippen molar-refractivity contribution < 1.29 is 0 Å². The molecule has 7 rings (SSSR count). The van der Waals surface area contributed by atoms with Crippen LogP contribution in [0.5, 0.6) is 0 Å². The van der Waals surface area contributed by atoms with Crippen LogP contribution in [0, 0.1) is 0 Å². The first kappa shape index (κ1) is 18.9. The first-order chi connectivity index (χ1) is 16.1. The minimum Gasteiger partial charge on any atom is -0.346 e. The van der Waals surface area contributed by atoms with Crippen LogP contribution in [-0.4, -0.2) is 4.57 Å². The molecule has 0 amide bonds. The highest BCUT2D eigenvalue weighted by molar-refractivity contribution is 6.02. The number of hydrogen-bond acceptors (Lipinski definition) is 0. The average molecular weight is 426 g/mol. The van der Waals surface area contributed by atoms with Crippen molar-refractivity contribution >= 4 is 10.9 Å². The Bertz CT molecular complexity index is 1580. The molecule has 0 saturated carbocycles. The first-order valence-corrected chi connectivity index (χ1v) is 11.9. The van der Waals surface area contributed by atoms with Gasteiger partial charge < -0.3 is 4.57 Å². The van der Waals surface area contributed by atoms with Crippen LogP contribution >= 0.6 is 0 Å². The number of hydrogen-bond donors (Lipinski definition) is 0.